The minimum atomic E-state index is -0.429. The zero-order valence-corrected chi connectivity index (χ0v) is 13.3. The first-order valence-electron chi connectivity index (χ1n) is 7.58. The van der Waals surface area contributed by atoms with Crippen molar-refractivity contribution in [1.82, 2.24) is 0 Å². The summed E-state index contributed by atoms with van der Waals surface area (Å²) in [7, 11) is 0. The van der Waals surface area contributed by atoms with Crippen LogP contribution in [0.1, 0.15) is 47.5 Å². The van der Waals surface area contributed by atoms with Crippen LogP contribution in [0.25, 0.3) is 0 Å². The van der Waals surface area contributed by atoms with E-state index in [0.717, 1.165) is 12.8 Å². The van der Waals surface area contributed by atoms with Gasteiger partial charge in [-0.1, -0.05) is 31.6 Å². The van der Waals surface area contributed by atoms with Gasteiger partial charge in [-0.2, -0.15) is 0 Å². The largest absolute Gasteiger partial charge is 0.358 e. The van der Waals surface area contributed by atoms with E-state index < -0.39 is 5.79 Å². The highest BCUT2D eigenvalue weighted by molar-refractivity contribution is 5.35. The first-order valence-corrected chi connectivity index (χ1v) is 7.58. The van der Waals surface area contributed by atoms with E-state index in [1.807, 2.05) is 0 Å². The van der Waals surface area contributed by atoms with Crippen LogP contribution in [-0.4, -0.2) is 30.2 Å². The summed E-state index contributed by atoms with van der Waals surface area (Å²) >= 11 is 0. The van der Waals surface area contributed by atoms with Crippen molar-refractivity contribution >= 4 is 0 Å². The number of fused-ring (bicyclic) bond motifs is 1. The second kappa shape index (κ2) is 4.19. The molecule has 0 bridgehead atoms. The van der Waals surface area contributed by atoms with Gasteiger partial charge in [-0.25, -0.2) is 0 Å². The molecule has 3 nitrogen and oxygen atoms in total. The van der Waals surface area contributed by atoms with Gasteiger partial charge in [-0.15, -0.1) is 0 Å². The van der Waals surface area contributed by atoms with Crippen molar-refractivity contribution in [2.24, 2.45) is 5.41 Å². The number of hydrogen-bond acceptors (Lipinski definition) is 3. The van der Waals surface area contributed by atoms with Gasteiger partial charge in [0, 0.05) is 18.3 Å². The number of ether oxygens (including phenoxy) is 3. The van der Waals surface area contributed by atoms with Crippen molar-refractivity contribution in [1.29, 1.82) is 0 Å². The van der Waals surface area contributed by atoms with Crippen LogP contribution in [0, 0.1) is 5.41 Å². The fourth-order valence-electron chi connectivity index (χ4n) is 4.21. The van der Waals surface area contributed by atoms with E-state index in [1.165, 1.54) is 5.57 Å². The van der Waals surface area contributed by atoms with Gasteiger partial charge in [0.1, 0.15) is 11.2 Å². The molecule has 1 aliphatic carbocycles. The molecule has 0 radical (unpaired) electrons. The summed E-state index contributed by atoms with van der Waals surface area (Å²) in [5.74, 6) is -0.429. The van der Waals surface area contributed by atoms with Crippen molar-refractivity contribution in [2.45, 2.75) is 64.4 Å². The van der Waals surface area contributed by atoms with Crippen LogP contribution < -0.4 is 0 Å². The Morgan fingerprint density at radius 1 is 1.05 bits per heavy atom. The predicted molar refractivity (Wildman–Crippen MR) is 78.4 cm³/mol. The molecule has 0 N–H and O–H groups in total. The molecular weight excluding hydrogens is 252 g/mol. The average molecular weight is 278 g/mol. The first-order chi connectivity index (χ1) is 9.28. The van der Waals surface area contributed by atoms with Crippen LogP contribution in [0.2, 0.25) is 0 Å². The normalized spacial score (nSPS) is 42.1. The highest BCUT2D eigenvalue weighted by Crippen LogP contribution is 2.69. The molecule has 3 fully saturated rings. The Hall–Kier alpha value is -0.640. The Bertz CT molecular complexity index is 471. The molecular formula is C17H26O3. The van der Waals surface area contributed by atoms with E-state index in [4.69, 9.17) is 14.2 Å². The van der Waals surface area contributed by atoms with Gasteiger partial charge < -0.3 is 14.2 Å². The Morgan fingerprint density at radius 3 is 2.25 bits per heavy atom. The highest BCUT2D eigenvalue weighted by atomic mass is 16.7. The van der Waals surface area contributed by atoms with E-state index in [9.17, 15) is 0 Å². The summed E-state index contributed by atoms with van der Waals surface area (Å²) in [5.41, 5.74) is 0.894. The molecule has 20 heavy (non-hydrogen) atoms. The minimum Gasteiger partial charge on any atom is -0.358 e. The van der Waals surface area contributed by atoms with Gasteiger partial charge in [-0.3, -0.25) is 0 Å². The van der Waals surface area contributed by atoms with Gasteiger partial charge in [0.2, 0.25) is 0 Å². The van der Waals surface area contributed by atoms with E-state index in [0.29, 0.717) is 13.2 Å². The zero-order chi connectivity index (χ0) is 14.6. The monoisotopic (exact) mass is 278 g/mol. The van der Waals surface area contributed by atoms with E-state index >= 15 is 0 Å². The topological polar surface area (TPSA) is 31.0 Å². The predicted octanol–water partition coefficient (Wildman–Crippen LogP) is 3.60. The number of allylic oxidation sites excluding steroid dienone is 3. The minimum absolute atomic E-state index is 0.00510. The summed E-state index contributed by atoms with van der Waals surface area (Å²) in [6, 6.07) is 0. The van der Waals surface area contributed by atoms with Crippen LogP contribution in [0.15, 0.2) is 23.8 Å². The molecule has 2 atom stereocenters. The third-order valence-electron chi connectivity index (χ3n) is 5.30. The maximum absolute atomic E-state index is 6.28. The summed E-state index contributed by atoms with van der Waals surface area (Å²) in [4.78, 5) is 0. The molecule has 2 heterocycles. The fraction of sp³-hybridized carbons (Fsp3) is 0.765. The van der Waals surface area contributed by atoms with Crippen molar-refractivity contribution in [3.8, 4) is 0 Å². The van der Waals surface area contributed by atoms with Gasteiger partial charge in [-0.05, 0) is 26.8 Å². The molecule has 1 spiro atoms. The lowest BCUT2D eigenvalue weighted by Crippen LogP contribution is -2.52. The van der Waals surface area contributed by atoms with Crippen molar-refractivity contribution in [2.75, 3.05) is 13.2 Å². The molecule has 3 heteroatoms. The lowest BCUT2D eigenvalue weighted by atomic mass is 9.61. The van der Waals surface area contributed by atoms with Crippen LogP contribution in [-0.2, 0) is 14.2 Å². The third kappa shape index (κ3) is 1.83. The molecule has 3 rings (SSSR count). The van der Waals surface area contributed by atoms with Crippen molar-refractivity contribution in [3.63, 3.8) is 0 Å². The molecule has 0 amide bonds. The Labute approximate surface area is 122 Å². The molecule has 2 saturated heterocycles. The van der Waals surface area contributed by atoms with Crippen LogP contribution >= 0.6 is 0 Å². The number of epoxide rings is 1. The third-order valence-corrected chi connectivity index (χ3v) is 5.30. The summed E-state index contributed by atoms with van der Waals surface area (Å²) in [6.45, 7) is 12.3. The van der Waals surface area contributed by atoms with Gasteiger partial charge in [0.25, 0.3) is 0 Å². The Kier molecular flexibility index (Phi) is 2.99. The second-order valence-electron chi connectivity index (χ2n) is 7.28. The first kappa shape index (κ1) is 14.3. The average Bonchev–Trinajstić information content (AvgIpc) is 2.74. The summed E-state index contributed by atoms with van der Waals surface area (Å²) in [5, 5.41) is 0. The standard InChI is InChI=1S/C17H26O3/c1-6-13(2)7-8-17-14(3,4)11-16(18-9-10-19-16)12-15(17,5)20-17/h6-8H,9-12H2,1-5H3/b8-7+,13-6-/t15-,17+/m1/s1. The van der Waals surface area contributed by atoms with Crippen LogP contribution in [0.5, 0.6) is 0 Å². The number of rotatable bonds is 2. The maximum Gasteiger partial charge on any atom is 0.172 e. The van der Waals surface area contributed by atoms with Crippen molar-refractivity contribution in [3.05, 3.63) is 23.8 Å². The molecule has 0 aromatic heterocycles. The van der Waals surface area contributed by atoms with Crippen LogP contribution in [0.4, 0.5) is 0 Å². The zero-order valence-electron chi connectivity index (χ0n) is 13.3. The van der Waals surface area contributed by atoms with Gasteiger partial charge >= 0.3 is 0 Å². The molecule has 1 saturated carbocycles. The number of hydrogen-bond donors (Lipinski definition) is 0. The molecule has 0 aromatic carbocycles. The van der Waals surface area contributed by atoms with E-state index in [-0.39, 0.29) is 16.6 Å². The molecule has 3 aliphatic rings. The lowest BCUT2D eigenvalue weighted by Gasteiger charge is -2.45. The highest BCUT2D eigenvalue weighted by Gasteiger charge is 2.78. The van der Waals surface area contributed by atoms with E-state index in [2.05, 4.69) is 52.8 Å². The maximum atomic E-state index is 6.28. The Balaban J connectivity index is 1.91. The lowest BCUT2D eigenvalue weighted by molar-refractivity contribution is -0.201. The van der Waals surface area contributed by atoms with Gasteiger partial charge in [0.05, 0.1) is 13.2 Å². The molecule has 112 valence electrons. The van der Waals surface area contributed by atoms with Crippen LogP contribution in [0.3, 0.4) is 0 Å². The second-order valence-corrected chi connectivity index (χ2v) is 7.28. The smallest absolute Gasteiger partial charge is 0.172 e. The molecule has 2 aliphatic heterocycles. The Morgan fingerprint density at radius 2 is 1.70 bits per heavy atom. The quantitative estimate of drug-likeness (QED) is 0.571. The SMILES string of the molecule is C/C=C(C)\C=C\[C@@]12O[C@]1(C)CC1(CC2(C)C)OCCO1. The molecule has 0 unspecified atom stereocenters. The molecule has 0 aromatic rings. The summed E-state index contributed by atoms with van der Waals surface area (Å²) < 4.78 is 18.1. The fourth-order valence-corrected chi connectivity index (χ4v) is 4.21. The van der Waals surface area contributed by atoms with E-state index in [1.54, 1.807) is 0 Å². The summed E-state index contributed by atoms with van der Waals surface area (Å²) in [6.07, 6.45) is 8.26. The van der Waals surface area contributed by atoms with Crippen molar-refractivity contribution < 1.29 is 14.2 Å². The van der Waals surface area contributed by atoms with Gasteiger partial charge in [0.15, 0.2) is 5.79 Å².